The molecule has 106 valence electrons. The zero-order chi connectivity index (χ0) is 15.0. The van der Waals surface area contributed by atoms with Crippen molar-refractivity contribution >= 4 is 5.97 Å². The second kappa shape index (κ2) is 4.90. The van der Waals surface area contributed by atoms with Crippen molar-refractivity contribution in [2.45, 2.75) is 6.92 Å². The summed E-state index contributed by atoms with van der Waals surface area (Å²) in [7, 11) is 1.73. The molecule has 0 radical (unpaired) electrons. The number of aromatic nitrogens is 3. The first-order valence-corrected chi connectivity index (χ1v) is 6.37. The molecule has 3 aromatic rings. The maximum atomic E-state index is 11.4. The molecule has 0 fully saturated rings. The topological polar surface area (TPSA) is 81.1 Å². The van der Waals surface area contributed by atoms with Crippen LogP contribution in [0, 0.1) is 6.92 Å². The van der Waals surface area contributed by atoms with E-state index in [0.717, 1.165) is 11.3 Å². The Morgan fingerprint density at radius 1 is 1.29 bits per heavy atom. The van der Waals surface area contributed by atoms with Gasteiger partial charge in [-0.15, -0.1) is 0 Å². The number of carboxylic acids is 1. The van der Waals surface area contributed by atoms with E-state index < -0.39 is 5.97 Å². The van der Waals surface area contributed by atoms with E-state index in [1.807, 2.05) is 37.3 Å². The molecular formula is C15H13N3O3. The number of oxazole rings is 1. The zero-order valence-electron chi connectivity index (χ0n) is 11.6. The van der Waals surface area contributed by atoms with Crippen molar-refractivity contribution in [2.24, 2.45) is 7.05 Å². The predicted molar refractivity (Wildman–Crippen MR) is 75.8 cm³/mol. The fourth-order valence-corrected chi connectivity index (χ4v) is 2.17. The third-order valence-electron chi connectivity index (χ3n) is 3.09. The van der Waals surface area contributed by atoms with Crippen LogP contribution >= 0.6 is 0 Å². The molecule has 2 heterocycles. The highest BCUT2D eigenvalue weighted by Gasteiger charge is 2.24. The number of aryl methyl sites for hydroxylation is 2. The number of hydrogen-bond acceptors (Lipinski definition) is 4. The highest BCUT2D eigenvalue weighted by atomic mass is 16.4. The summed E-state index contributed by atoms with van der Waals surface area (Å²) < 4.78 is 7.27. The van der Waals surface area contributed by atoms with Gasteiger partial charge in [0.2, 0.25) is 5.89 Å². The Kier molecular flexibility index (Phi) is 3.06. The molecule has 0 atom stereocenters. The van der Waals surface area contributed by atoms with Crippen LogP contribution in [0.4, 0.5) is 0 Å². The van der Waals surface area contributed by atoms with Gasteiger partial charge in [-0.3, -0.25) is 4.68 Å². The summed E-state index contributed by atoms with van der Waals surface area (Å²) in [4.78, 5) is 15.5. The van der Waals surface area contributed by atoms with E-state index >= 15 is 0 Å². The highest BCUT2D eigenvalue weighted by Crippen LogP contribution is 2.30. The Labute approximate surface area is 120 Å². The summed E-state index contributed by atoms with van der Waals surface area (Å²) in [5, 5.41) is 13.5. The van der Waals surface area contributed by atoms with E-state index in [1.165, 1.54) is 0 Å². The molecule has 0 aliphatic heterocycles. The third kappa shape index (κ3) is 2.31. The lowest BCUT2D eigenvalue weighted by atomic mass is 10.2. The summed E-state index contributed by atoms with van der Waals surface area (Å²) in [5.41, 5.74) is 1.98. The smallest absolute Gasteiger partial charge is 0.358 e. The molecule has 0 spiro atoms. The van der Waals surface area contributed by atoms with Gasteiger partial charge in [-0.25, -0.2) is 9.78 Å². The van der Waals surface area contributed by atoms with Crippen LogP contribution in [0.5, 0.6) is 0 Å². The normalized spacial score (nSPS) is 10.8. The van der Waals surface area contributed by atoms with Gasteiger partial charge in [-0.05, 0) is 25.1 Å². The standard InChI is InChI=1S/C15H13N3O3/c1-9-8-11(18(2)17-9)13-12(15(19)20)16-14(21-13)10-6-4-3-5-7-10/h3-8H,1-2H3,(H,19,20). The molecule has 0 aliphatic rings. The first-order chi connectivity index (χ1) is 10.1. The minimum Gasteiger partial charge on any atom is -0.476 e. The molecule has 1 N–H and O–H groups in total. The van der Waals surface area contributed by atoms with Crippen molar-refractivity contribution in [3.8, 4) is 22.9 Å². The minimum atomic E-state index is -1.13. The quantitative estimate of drug-likeness (QED) is 0.799. The SMILES string of the molecule is Cc1cc(-c2oc(-c3ccccc3)nc2C(=O)O)n(C)n1. The van der Waals surface area contributed by atoms with Crippen molar-refractivity contribution in [1.29, 1.82) is 0 Å². The lowest BCUT2D eigenvalue weighted by Crippen LogP contribution is -2.01. The summed E-state index contributed by atoms with van der Waals surface area (Å²) in [6.07, 6.45) is 0. The number of benzene rings is 1. The molecule has 1 aromatic carbocycles. The van der Waals surface area contributed by atoms with Crippen molar-refractivity contribution in [3.63, 3.8) is 0 Å². The Balaban J connectivity index is 2.18. The maximum absolute atomic E-state index is 11.4. The van der Waals surface area contributed by atoms with E-state index in [0.29, 0.717) is 5.69 Å². The summed E-state index contributed by atoms with van der Waals surface area (Å²) in [6, 6.07) is 10.9. The molecule has 3 rings (SSSR count). The Hall–Kier alpha value is -2.89. The van der Waals surface area contributed by atoms with E-state index in [-0.39, 0.29) is 17.3 Å². The molecule has 21 heavy (non-hydrogen) atoms. The minimum absolute atomic E-state index is 0.114. The lowest BCUT2D eigenvalue weighted by Gasteiger charge is -1.98. The van der Waals surface area contributed by atoms with Crippen LogP contribution in [0.15, 0.2) is 40.8 Å². The molecular weight excluding hydrogens is 270 g/mol. The van der Waals surface area contributed by atoms with Crippen LogP contribution in [0.3, 0.4) is 0 Å². The molecule has 0 unspecified atom stereocenters. The third-order valence-corrected chi connectivity index (χ3v) is 3.09. The number of carboxylic acid groups (broad SMARTS) is 1. The second-order valence-electron chi connectivity index (χ2n) is 4.66. The summed E-state index contributed by atoms with van der Waals surface area (Å²) >= 11 is 0. The van der Waals surface area contributed by atoms with E-state index in [1.54, 1.807) is 17.8 Å². The monoisotopic (exact) mass is 283 g/mol. The molecule has 0 amide bonds. The van der Waals surface area contributed by atoms with Gasteiger partial charge in [0.15, 0.2) is 11.5 Å². The van der Waals surface area contributed by atoms with Crippen molar-refractivity contribution < 1.29 is 14.3 Å². The van der Waals surface area contributed by atoms with Crippen LogP contribution in [-0.2, 0) is 7.05 Å². The first-order valence-electron chi connectivity index (χ1n) is 6.37. The van der Waals surface area contributed by atoms with Gasteiger partial charge in [0.1, 0.15) is 5.69 Å². The number of carbonyl (C=O) groups is 1. The van der Waals surface area contributed by atoms with Crippen LogP contribution < -0.4 is 0 Å². The molecule has 0 saturated heterocycles. The number of hydrogen-bond donors (Lipinski definition) is 1. The van der Waals surface area contributed by atoms with E-state index in [4.69, 9.17) is 4.42 Å². The highest BCUT2D eigenvalue weighted by molar-refractivity contribution is 5.92. The Morgan fingerprint density at radius 2 is 2.00 bits per heavy atom. The van der Waals surface area contributed by atoms with Gasteiger partial charge in [-0.1, -0.05) is 18.2 Å². The van der Waals surface area contributed by atoms with Crippen molar-refractivity contribution in [3.05, 3.63) is 47.8 Å². The van der Waals surface area contributed by atoms with Gasteiger partial charge in [-0.2, -0.15) is 5.10 Å². The van der Waals surface area contributed by atoms with Crippen molar-refractivity contribution in [1.82, 2.24) is 14.8 Å². The van der Waals surface area contributed by atoms with Crippen molar-refractivity contribution in [2.75, 3.05) is 0 Å². The lowest BCUT2D eigenvalue weighted by molar-refractivity contribution is 0.0691. The fourth-order valence-electron chi connectivity index (χ4n) is 2.17. The van der Waals surface area contributed by atoms with Gasteiger partial charge in [0.25, 0.3) is 0 Å². The summed E-state index contributed by atoms with van der Waals surface area (Å²) in [6.45, 7) is 1.83. The van der Waals surface area contributed by atoms with Gasteiger partial charge in [0, 0.05) is 12.6 Å². The zero-order valence-corrected chi connectivity index (χ0v) is 11.6. The molecule has 6 heteroatoms. The number of rotatable bonds is 3. The Morgan fingerprint density at radius 3 is 2.57 bits per heavy atom. The maximum Gasteiger partial charge on any atom is 0.358 e. The molecule has 0 aliphatic carbocycles. The fraction of sp³-hybridized carbons (Fsp3) is 0.133. The molecule has 6 nitrogen and oxygen atoms in total. The van der Waals surface area contributed by atoms with E-state index in [9.17, 15) is 9.90 Å². The van der Waals surface area contributed by atoms with Crippen LogP contribution in [0.25, 0.3) is 22.9 Å². The average Bonchev–Trinajstić information content (AvgIpc) is 3.03. The van der Waals surface area contributed by atoms with Crippen LogP contribution in [0.2, 0.25) is 0 Å². The number of aromatic carboxylic acids is 1. The van der Waals surface area contributed by atoms with Gasteiger partial charge < -0.3 is 9.52 Å². The second-order valence-corrected chi connectivity index (χ2v) is 4.66. The van der Waals surface area contributed by atoms with Gasteiger partial charge in [0.05, 0.1) is 5.69 Å². The largest absolute Gasteiger partial charge is 0.476 e. The summed E-state index contributed by atoms with van der Waals surface area (Å²) in [5.74, 6) is -0.638. The van der Waals surface area contributed by atoms with E-state index in [2.05, 4.69) is 10.1 Å². The van der Waals surface area contributed by atoms with Crippen LogP contribution in [-0.4, -0.2) is 25.8 Å². The molecule has 0 saturated carbocycles. The first kappa shape index (κ1) is 13.1. The predicted octanol–water partition coefficient (Wildman–Crippen LogP) is 2.75. The number of nitrogens with zero attached hydrogens (tertiary/aromatic N) is 3. The Bertz CT molecular complexity index is 803. The molecule has 0 bridgehead atoms. The van der Waals surface area contributed by atoms with Gasteiger partial charge >= 0.3 is 5.97 Å². The average molecular weight is 283 g/mol. The molecule has 2 aromatic heterocycles. The van der Waals surface area contributed by atoms with Crippen LogP contribution in [0.1, 0.15) is 16.2 Å².